The summed E-state index contributed by atoms with van der Waals surface area (Å²) >= 11 is 0. The van der Waals surface area contributed by atoms with Crippen LogP contribution in [0.1, 0.15) is 44.6 Å². The first-order valence-electron chi connectivity index (χ1n) is 7.14. The van der Waals surface area contributed by atoms with Crippen molar-refractivity contribution in [2.75, 3.05) is 7.11 Å². The van der Waals surface area contributed by atoms with Gasteiger partial charge in [0.25, 0.3) is 0 Å². The molecule has 0 aliphatic heterocycles. The number of alkyl halides is 3. The molecular weight excluding hydrogens is 277 g/mol. The molecule has 4 heteroatoms. The van der Waals surface area contributed by atoms with E-state index in [4.69, 9.17) is 4.74 Å². The number of rotatable bonds is 7. The first kappa shape index (κ1) is 17.4. The van der Waals surface area contributed by atoms with Crippen LogP contribution in [0.25, 0.3) is 5.57 Å². The molecule has 1 aromatic carbocycles. The zero-order valence-electron chi connectivity index (χ0n) is 12.5. The molecule has 0 unspecified atom stereocenters. The Morgan fingerprint density at radius 1 is 1.14 bits per heavy atom. The maximum atomic E-state index is 12.3. The smallest absolute Gasteiger partial charge is 0.416 e. The third-order valence-corrected chi connectivity index (χ3v) is 3.13. The molecule has 1 rings (SSSR count). The second-order valence-electron chi connectivity index (χ2n) is 4.85. The molecule has 0 aliphatic rings. The molecule has 116 valence electrons. The van der Waals surface area contributed by atoms with Crippen molar-refractivity contribution in [2.24, 2.45) is 0 Å². The van der Waals surface area contributed by atoms with Crippen LogP contribution in [0.15, 0.2) is 36.1 Å². The SMILES string of the molecule is CCCCCCC(=C=CC(F)(F)F)c1ccc(OC)cc1. The van der Waals surface area contributed by atoms with Crippen molar-refractivity contribution in [3.63, 3.8) is 0 Å². The molecule has 0 radical (unpaired) electrons. The normalized spacial score (nSPS) is 10.9. The predicted octanol–water partition coefficient (Wildman–Crippen LogP) is 5.77. The molecule has 0 heterocycles. The van der Waals surface area contributed by atoms with Gasteiger partial charge in [-0.25, -0.2) is 0 Å². The molecule has 0 amide bonds. The molecule has 0 atom stereocenters. The highest BCUT2D eigenvalue weighted by Gasteiger charge is 2.22. The molecule has 1 nitrogen and oxygen atoms in total. The minimum Gasteiger partial charge on any atom is -0.497 e. The lowest BCUT2D eigenvalue weighted by Gasteiger charge is -2.07. The van der Waals surface area contributed by atoms with Crippen LogP contribution in [0.2, 0.25) is 0 Å². The van der Waals surface area contributed by atoms with Crippen molar-refractivity contribution >= 4 is 5.57 Å². The van der Waals surface area contributed by atoms with E-state index in [0.29, 0.717) is 17.7 Å². The van der Waals surface area contributed by atoms with E-state index in [2.05, 4.69) is 12.7 Å². The van der Waals surface area contributed by atoms with Gasteiger partial charge in [-0.2, -0.15) is 13.2 Å². The molecule has 0 saturated heterocycles. The summed E-state index contributed by atoms with van der Waals surface area (Å²) in [6.07, 6.45) is 0.531. The van der Waals surface area contributed by atoms with Gasteiger partial charge >= 0.3 is 6.18 Å². The van der Waals surface area contributed by atoms with Crippen molar-refractivity contribution in [1.29, 1.82) is 0 Å². The molecule has 0 bridgehead atoms. The zero-order chi connectivity index (χ0) is 15.7. The summed E-state index contributed by atoms with van der Waals surface area (Å²) in [7, 11) is 1.56. The third kappa shape index (κ3) is 7.05. The van der Waals surface area contributed by atoms with Crippen LogP contribution in [0.3, 0.4) is 0 Å². The average Bonchev–Trinajstić information content (AvgIpc) is 2.46. The molecule has 0 fully saturated rings. The fourth-order valence-corrected chi connectivity index (χ4v) is 1.99. The largest absolute Gasteiger partial charge is 0.497 e. The van der Waals surface area contributed by atoms with E-state index in [1.165, 1.54) is 0 Å². The Balaban J connectivity index is 2.92. The van der Waals surface area contributed by atoms with Crippen LogP contribution in [-0.4, -0.2) is 13.3 Å². The molecule has 0 aliphatic carbocycles. The van der Waals surface area contributed by atoms with Crippen molar-refractivity contribution in [1.82, 2.24) is 0 Å². The van der Waals surface area contributed by atoms with Gasteiger partial charge in [-0.1, -0.05) is 38.3 Å². The Hall–Kier alpha value is -1.67. The van der Waals surface area contributed by atoms with Crippen LogP contribution in [0.4, 0.5) is 13.2 Å². The number of allylic oxidation sites excluding steroid dienone is 1. The monoisotopic (exact) mass is 298 g/mol. The molecular formula is C17H21F3O. The lowest BCUT2D eigenvalue weighted by molar-refractivity contribution is -0.0796. The Bertz CT molecular complexity index is 480. The number of methoxy groups -OCH3 is 1. The molecule has 0 spiro atoms. The van der Waals surface area contributed by atoms with Gasteiger partial charge in [-0.05, 0) is 30.5 Å². The van der Waals surface area contributed by atoms with E-state index in [1.807, 2.05) is 0 Å². The minimum absolute atomic E-state index is 0.187. The summed E-state index contributed by atoms with van der Waals surface area (Å²) in [5.41, 5.74) is 3.76. The molecule has 0 saturated carbocycles. The van der Waals surface area contributed by atoms with Gasteiger partial charge in [0, 0.05) is 5.57 Å². The molecule has 21 heavy (non-hydrogen) atoms. The lowest BCUT2D eigenvalue weighted by atomic mass is 10.00. The van der Waals surface area contributed by atoms with Crippen molar-refractivity contribution in [3.05, 3.63) is 41.6 Å². The standard InChI is InChI=1S/C17H21F3O/c1-3-4-5-6-7-14(12-13-17(18,19)20)15-8-10-16(21-2)11-9-15/h8-11,13H,3-7H2,1-2H3. The Morgan fingerprint density at radius 3 is 2.33 bits per heavy atom. The van der Waals surface area contributed by atoms with Gasteiger partial charge in [-0.3, -0.25) is 0 Å². The summed E-state index contributed by atoms with van der Waals surface area (Å²) in [6.45, 7) is 2.10. The van der Waals surface area contributed by atoms with Crippen LogP contribution >= 0.6 is 0 Å². The Kier molecular flexibility index (Phi) is 7.10. The summed E-state index contributed by atoms with van der Waals surface area (Å²) < 4.78 is 42.1. The van der Waals surface area contributed by atoms with Gasteiger partial charge in [0.2, 0.25) is 0 Å². The van der Waals surface area contributed by atoms with E-state index in [-0.39, 0.29) is 6.08 Å². The summed E-state index contributed by atoms with van der Waals surface area (Å²) in [6, 6.07) is 7.03. The highest BCUT2D eigenvalue weighted by molar-refractivity contribution is 5.65. The summed E-state index contributed by atoms with van der Waals surface area (Å²) in [5, 5.41) is 0. The number of hydrogen-bond acceptors (Lipinski definition) is 1. The highest BCUT2D eigenvalue weighted by atomic mass is 19.4. The van der Waals surface area contributed by atoms with E-state index in [1.54, 1.807) is 31.4 Å². The number of benzene rings is 1. The Labute approximate surface area is 124 Å². The maximum Gasteiger partial charge on any atom is 0.416 e. The number of ether oxygens (including phenoxy) is 1. The van der Waals surface area contributed by atoms with Gasteiger partial charge in [0.15, 0.2) is 0 Å². The van der Waals surface area contributed by atoms with Gasteiger partial charge < -0.3 is 4.74 Å². The highest BCUT2D eigenvalue weighted by Crippen LogP contribution is 2.24. The predicted molar refractivity (Wildman–Crippen MR) is 79.3 cm³/mol. The second kappa shape index (κ2) is 8.58. The van der Waals surface area contributed by atoms with Crippen LogP contribution in [-0.2, 0) is 0 Å². The van der Waals surface area contributed by atoms with E-state index in [9.17, 15) is 13.2 Å². The number of halogens is 3. The van der Waals surface area contributed by atoms with Crippen molar-refractivity contribution in [3.8, 4) is 5.75 Å². The number of hydrogen-bond donors (Lipinski definition) is 0. The molecule has 0 aromatic heterocycles. The number of unbranched alkanes of at least 4 members (excludes halogenated alkanes) is 3. The fraction of sp³-hybridized carbons (Fsp3) is 0.471. The van der Waals surface area contributed by atoms with Crippen molar-refractivity contribution in [2.45, 2.75) is 45.2 Å². The minimum atomic E-state index is -4.33. The first-order chi connectivity index (χ1) is 9.96. The quantitative estimate of drug-likeness (QED) is 0.459. The summed E-state index contributed by atoms with van der Waals surface area (Å²) in [4.78, 5) is 0. The van der Waals surface area contributed by atoms with Gasteiger partial charge in [0.1, 0.15) is 5.75 Å². The lowest BCUT2D eigenvalue weighted by Crippen LogP contribution is -1.99. The average molecular weight is 298 g/mol. The molecule has 0 N–H and O–H groups in total. The maximum absolute atomic E-state index is 12.3. The zero-order valence-corrected chi connectivity index (χ0v) is 12.5. The van der Waals surface area contributed by atoms with Gasteiger partial charge in [-0.15, -0.1) is 5.73 Å². The second-order valence-corrected chi connectivity index (χ2v) is 4.85. The van der Waals surface area contributed by atoms with E-state index < -0.39 is 6.18 Å². The van der Waals surface area contributed by atoms with Crippen LogP contribution in [0, 0.1) is 0 Å². The topological polar surface area (TPSA) is 9.23 Å². The van der Waals surface area contributed by atoms with Crippen LogP contribution < -0.4 is 4.74 Å². The molecule has 1 aromatic rings. The fourth-order valence-electron chi connectivity index (χ4n) is 1.99. The van der Waals surface area contributed by atoms with E-state index >= 15 is 0 Å². The van der Waals surface area contributed by atoms with Gasteiger partial charge in [0.05, 0.1) is 13.2 Å². The van der Waals surface area contributed by atoms with E-state index in [0.717, 1.165) is 31.2 Å². The van der Waals surface area contributed by atoms with Crippen molar-refractivity contribution < 1.29 is 17.9 Å². The summed E-state index contributed by atoms with van der Waals surface area (Å²) in [5.74, 6) is 0.684. The Morgan fingerprint density at radius 2 is 1.81 bits per heavy atom. The first-order valence-corrected chi connectivity index (χ1v) is 7.14. The van der Waals surface area contributed by atoms with Crippen LogP contribution in [0.5, 0.6) is 5.75 Å². The third-order valence-electron chi connectivity index (χ3n) is 3.13.